The second-order valence-electron chi connectivity index (χ2n) is 6.15. The molecule has 0 bridgehead atoms. The highest BCUT2D eigenvalue weighted by atomic mass is 19.1. The molecule has 1 fully saturated rings. The van der Waals surface area contributed by atoms with Gasteiger partial charge in [-0.3, -0.25) is 9.89 Å². The predicted molar refractivity (Wildman–Crippen MR) is 86.3 cm³/mol. The number of aromatic nitrogens is 2. The second kappa shape index (κ2) is 6.50. The van der Waals surface area contributed by atoms with Crippen molar-refractivity contribution in [3.05, 3.63) is 41.8 Å². The van der Waals surface area contributed by atoms with Crippen molar-refractivity contribution in [2.24, 2.45) is 11.7 Å². The third-order valence-corrected chi connectivity index (χ3v) is 4.50. The number of hydrogen-bond donors (Lipinski definition) is 2. The Hall–Kier alpha value is -2.21. The molecule has 0 aliphatic carbocycles. The summed E-state index contributed by atoms with van der Waals surface area (Å²) in [4.78, 5) is 14.6. The molecule has 3 N–H and O–H groups in total. The number of H-pyrrole nitrogens is 1. The van der Waals surface area contributed by atoms with Crippen molar-refractivity contribution in [2.45, 2.75) is 25.8 Å². The topological polar surface area (TPSA) is 75.0 Å². The van der Waals surface area contributed by atoms with E-state index in [-0.39, 0.29) is 17.8 Å². The summed E-state index contributed by atoms with van der Waals surface area (Å²) in [5.74, 6) is -0.197. The van der Waals surface area contributed by atoms with E-state index >= 15 is 0 Å². The largest absolute Gasteiger partial charge is 0.338 e. The summed E-state index contributed by atoms with van der Waals surface area (Å²) < 4.78 is 14.0. The van der Waals surface area contributed by atoms with Gasteiger partial charge in [0, 0.05) is 24.7 Å². The number of benzene rings is 1. The fourth-order valence-corrected chi connectivity index (χ4v) is 3.11. The van der Waals surface area contributed by atoms with E-state index in [0.29, 0.717) is 35.8 Å². The standard InChI is InChI=1S/C17H21FN4O/c1-11(19)12-5-4-8-22(10-12)17(23)14-9-20-21-16(14)13-6-2-3-7-15(13)18/h2-3,6-7,9,11-12H,4-5,8,10,19H2,1H3,(H,20,21). The number of nitrogens with zero attached hydrogens (tertiary/aromatic N) is 2. The van der Waals surface area contributed by atoms with Gasteiger partial charge in [0.05, 0.1) is 17.5 Å². The Morgan fingerprint density at radius 1 is 1.48 bits per heavy atom. The Bertz CT molecular complexity index is 697. The fraction of sp³-hybridized carbons (Fsp3) is 0.412. The average molecular weight is 316 g/mol. The van der Waals surface area contributed by atoms with Gasteiger partial charge >= 0.3 is 0 Å². The van der Waals surface area contributed by atoms with Crippen molar-refractivity contribution in [2.75, 3.05) is 13.1 Å². The van der Waals surface area contributed by atoms with Crippen molar-refractivity contribution in [1.29, 1.82) is 0 Å². The summed E-state index contributed by atoms with van der Waals surface area (Å²) in [6, 6.07) is 6.42. The molecule has 1 amide bonds. The van der Waals surface area contributed by atoms with Crippen LogP contribution < -0.4 is 5.73 Å². The van der Waals surface area contributed by atoms with Crippen molar-refractivity contribution < 1.29 is 9.18 Å². The molecule has 5 nitrogen and oxygen atoms in total. The van der Waals surface area contributed by atoms with Gasteiger partial charge in [-0.1, -0.05) is 12.1 Å². The summed E-state index contributed by atoms with van der Waals surface area (Å²) in [6.45, 7) is 3.31. The molecule has 122 valence electrons. The van der Waals surface area contributed by atoms with E-state index in [1.54, 1.807) is 23.1 Å². The lowest BCUT2D eigenvalue weighted by molar-refractivity contribution is 0.0662. The number of amides is 1. The van der Waals surface area contributed by atoms with Crippen LogP contribution in [0.3, 0.4) is 0 Å². The highest BCUT2D eigenvalue weighted by Crippen LogP contribution is 2.27. The summed E-state index contributed by atoms with van der Waals surface area (Å²) in [6.07, 6.45) is 3.44. The number of hydrogen-bond acceptors (Lipinski definition) is 3. The van der Waals surface area contributed by atoms with Crippen molar-refractivity contribution in [3.8, 4) is 11.3 Å². The van der Waals surface area contributed by atoms with Gasteiger partial charge in [0.1, 0.15) is 5.82 Å². The molecule has 23 heavy (non-hydrogen) atoms. The lowest BCUT2D eigenvalue weighted by Gasteiger charge is -2.34. The third kappa shape index (κ3) is 3.12. The molecular formula is C17H21FN4O. The van der Waals surface area contributed by atoms with Crippen LogP contribution in [-0.2, 0) is 0 Å². The molecule has 2 heterocycles. The van der Waals surface area contributed by atoms with Crippen LogP contribution in [0.25, 0.3) is 11.3 Å². The zero-order valence-electron chi connectivity index (χ0n) is 13.1. The van der Waals surface area contributed by atoms with Crippen LogP contribution >= 0.6 is 0 Å². The highest BCUT2D eigenvalue weighted by molar-refractivity contribution is 5.99. The Labute approximate surface area is 134 Å². The van der Waals surface area contributed by atoms with E-state index in [2.05, 4.69) is 10.2 Å². The molecule has 0 spiro atoms. The van der Waals surface area contributed by atoms with Gasteiger partial charge in [0.25, 0.3) is 5.91 Å². The Kier molecular flexibility index (Phi) is 4.43. The summed E-state index contributed by atoms with van der Waals surface area (Å²) in [5.41, 5.74) is 7.17. The van der Waals surface area contributed by atoms with Crippen molar-refractivity contribution in [1.82, 2.24) is 15.1 Å². The third-order valence-electron chi connectivity index (χ3n) is 4.50. The first-order valence-electron chi connectivity index (χ1n) is 7.91. The van der Waals surface area contributed by atoms with E-state index in [1.165, 1.54) is 12.3 Å². The van der Waals surface area contributed by atoms with Crippen LogP contribution in [0.1, 0.15) is 30.1 Å². The lowest BCUT2D eigenvalue weighted by Crippen LogP contribution is -2.45. The lowest BCUT2D eigenvalue weighted by atomic mass is 9.91. The van der Waals surface area contributed by atoms with Gasteiger partial charge in [-0.2, -0.15) is 5.10 Å². The van der Waals surface area contributed by atoms with Crippen molar-refractivity contribution >= 4 is 5.91 Å². The first-order valence-corrected chi connectivity index (χ1v) is 7.91. The molecule has 6 heteroatoms. The minimum atomic E-state index is -0.377. The molecule has 1 aliphatic rings. The quantitative estimate of drug-likeness (QED) is 0.913. The van der Waals surface area contributed by atoms with Crippen molar-refractivity contribution in [3.63, 3.8) is 0 Å². The van der Waals surface area contributed by atoms with Gasteiger partial charge in [0.15, 0.2) is 0 Å². The van der Waals surface area contributed by atoms with Gasteiger partial charge < -0.3 is 10.6 Å². The number of carbonyl (C=O) groups excluding carboxylic acids is 1. The predicted octanol–water partition coefficient (Wildman–Crippen LogP) is 2.42. The molecule has 2 atom stereocenters. The van der Waals surface area contributed by atoms with Crippen LogP contribution in [0, 0.1) is 11.7 Å². The minimum Gasteiger partial charge on any atom is -0.338 e. The number of nitrogens with one attached hydrogen (secondary N) is 1. The maximum absolute atomic E-state index is 14.0. The molecule has 0 saturated carbocycles. The van der Waals surface area contributed by atoms with E-state index in [9.17, 15) is 9.18 Å². The maximum Gasteiger partial charge on any atom is 0.257 e. The van der Waals surface area contributed by atoms with E-state index in [0.717, 1.165) is 12.8 Å². The fourth-order valence-electron chi connectivity index (χ4n) is 3.11. The molecule has 1 aliphatic heterocycles. The van der Waals surface area contributed by atoms with Gasteiger partial charge in [0.2, 0.25) is 0 Å². The molecule has 2 aromatic rings. The zero-order valence-corrected chi connectivity index (χ0v) is 13.1. The zero-order chi connectivity index (χ0) is 16.4. The van der Waals surface area contributed by atoms with Gasteiger partial charge in [-0.15, -0.1) is 0 Å². The number of likely N-dealkylation sites (tertiary alicyclic amines) is 1. The number of carbonyl (C=O) groups is 1. The Morgan fingerprint density at radius 3 is 3.00 bits per heavy atom. The summed E-state index contributed by atoms with van der Waals surface area (Å²) >= 11 is 0. The highest BCUT2D eigenvalue weighted by Gasteiger charge is 2.28. The van der Waals surface area contributed by atoms with Crippen LogP contribution in [0.2, 0.25) is 0 Å². The van der Waals surface area contributed by atoms with E-state index in [4.69, 9.17) is 5.73 Å². The minimum absolute atomic E-state index is 0.0565. The van der Waals surface area contributed by atoms with Crippen LogP contribution in [0.4, 0.5) is 4.39 Å². The number of piperidine rings is 1. The Morgan fingerprint density at radius 2 is 2.26 bits per heavy atom. The smallest absolute Gasteiger partial charge is 0.257 e. The number of aromatic amines is 1. The van der Waals surface area contributed by atoms with Gasteiger partial charge in [-0.25, -0.2) is 4.39 Å². The number of halogens is 1. The first-order chi connectivity index (χ1) is 11.1. The maximum atomic E-state index is 14.0. The van der Waals surface area contributed by atoms with E-state index < -0.39 is 0 Å². The molecule has 3 rings (SSSR count). The first kappa shape index (κ1) is 15.7. The number of nitrogens with two attached hydrogens (primary N) is 1. The van der Waals surface area contributed by atoms with Crippen LogP contribution in [0.5, 0.6) is 0 Å². The molecule has 2 unspecified atom stereocenters. The molecule has 1 aromatic heterocycles. The molecule has 1 saturated heterocycles. The molecule has 0 radical (unpaired) electrons. The molecular weight excluding hydrogens is 295 g/mol. The van der Waals surface area contributed by atoms with Crippen LogP contribution in [0.15, 0.2) is 30.5 Å². The average Bonchev–Trinajstić information content (AvgIpc) is 3.04. The summed E-state index contributed by atoms with van der Waals surface area (Å²) in [7, 11) is 0. The molecule has 1 aromatic carbocycles. The SMILES string of the molecule is CC(N)C1CCCN(C(=O)c2cn[nH]c2-c2ccccc2F)C1. The normalized spacial score (nSPS) is 19.6. The monoisotopic (exact) mass is 316 g/mol. The second-order valence-corrected chi connectivity index (χ2v) is 6.15. The Balaban J connectivity index is 1.87. The van der Waals surface area contributed by atoms with E-state index in [1.807, 2.05) is 6.92 Å². The van der Waals surface area contributed by atoms with Crippen LogP contribution in [-0.4, -0.2) is 40.1 Å². The van der Waals surface area contributed by atoms with Gasteiger partial charge in [-0.05, 0) is 37.8 Å². The number of rotatable bonds is 3. The summed E-state index contributed by atoms with van der Waals surface area (Å²) in [5, 5.41) is 6.70.